The van der Waals surface area contributed by atoms with Gasteiger partial charge < -0.3 is 10.4 Å². The van der Waals surface area contributed by atoms with Gasteiger partial charge in [-0.2, -0.15) is 0 Å². The standard InChI is InChI=1S/C18H24N2O3S/c1-14(16-9-6-7-15(11-16)13-21)19-12-17-8-4-5-10-18(17)24(22,23)20(2)3/h4-11,14,19,21H,12-13H2,1-3H3. The monoisotopic (exact) mass is 348 g/mol. The SMILES string of the molecule is CC(NCc1ccccc1S(=O)(=O)N(C)C)c1cccc(CO)c1. The fourth-order valence-electron chi connectivity index (χ4n) is 2.44. The average Bonchev–Trinajstić information content (AvgIpc) is 2.59. The van der Waals surface area contributed by atoms with Crippen LogP contribution in [0.3, 0.4) is 0 Å². The van der Waals surface area contributed by atoms with E-state index in [1.807, 2.05) is 43.3 Å². The molecule has 0 aromatic heterocycles. The van der Waals surface area contributed by atoms with E-state index in [9.17, 15) is 13.5 Å². The number of nitrogens with one attached hydrogen (secondary N) is 1. The van der Waals surface area contributed by atoms with Crippen molar-refractivity contribution in [2.45, 2.75) is 31.0 Å². The minimum Gasteiger partial charge on any atom is -0.392 e. The summed E-state index contributed by atoms with van der Waals surface area (Å²) >= 11 is 0. The Kier molecular flexibility index (Phi) is 6.12. The Morgan fingerprint density at radius 1 is 1.12 bits per heavy atom. The first kappa shape index (κ1) is 18.6. The van der Waals surface area contributed by atoms with Crippen LogP contribution >= 0.6 is 0 Å². The van der Waals surface area contributed by atoms with E-state index in [1.165, 1.54) is 18.4 Å². The normalized spacial score (nSPS) is 13.2. The lowest BCUT2D eigenvalue weighted by Gasteiger charge is -2.18. The summed E-state index contributed by atoms with van der Waals surface area (Å²) < 4.78 is 26.1. The third kappa shape index (κ3) is 4.21. The van der Waals surface area contributed by atoms with Gasteiger partial charge in [0.1, 0.15) is 0 Å². The summed E-state index contributed by atoms with van der Waals surface area (Å²) in [6.45, 7) is 2.46. The van der Waals surface area contributed by atoms with E-state index in [0.717, 1.165) is 16.7 Å². The zero-order valence-electron chi connectivity index (χ0n) is 14.2. The van der Waals surface area contributed by atoms with Crippen LogP contribution in [-0.2, 0) is 23.2 Å². The molecule has 0 aliphatic heterocycles. The summed E-state index contributed by atoms with van der Waals surface area (Å²) in [6.07, 6.45) is 0. The predicted molar refractivity (Wildman–Crippen MR) is 94.9 cm³/mol. The second-order valence-electron chi connectivity index (χ2n) is 5.90. The average molecular weight is 348 g/mol. The maximum absolute atomic E-state index is 12.4. The van der Waals surface area contributed by atoms with Crippen LogP contribution < -0.4 is 5.32 Å². The highest BCUT2D eigenvalue weighted by Crippen LogP contribution is 2.20. The molecule has 0 heterocycles. The lowest BCUT2D eigenvalue weighted by Crippen LogP contribution is -2.25. The molecule has 1 atom stereocenters. The number of rotatable bonds is 7. The van der Waals surface area contributed by atoms with Crippen LogP contribution in [0.15, 0.2) is 53.4 Å². The van der Waals surface area contributed by atoms with Gasteiger partial charge in [-0.15, -0.1) is 0 Å². The largest absolute Gasteiger partial charge is 0.392 e. The van der Waals surface area contributed by atoms with E-state index < -0.39 is 10.0 Å². The van der Waals surface area contributed by atoms with Crippen LogP contribution in [0.4, 0.5) is 0 Å². The Balaban J connectivity index is 2.18. The Bertz CT molecular complexity index is 788. The molecule has 0 bridgehead atoms. The summed E-state index contributed by atoms with van der Waals surface area (Å²) in [6, 6.07) is 14.8. The summed E-state index contributed by atoms with van der Waals surface area (Å²) in [5, 5.41) is 12.6. The van der Waals surface area contributed by atoms with Crippen LogP contribution in [0.25, 0.3) is 0 Å². The van der Waals surface area contributed by atoms with Gasteiger partial charge in [-0.25, -0.2) is 12.7 Å². The lowest BCUT2D eigenvalue weighted by molar-refractivity contribution is 0.281. The summed E-state index contributed by atoms with van der Waals surface area (Å²) in [7, 11) is -0.410. The predicted octanol–water partition coefficient (Wildman–Crippen LogP) is 2.28. The first-order valence-corrected chi connectivity index (χ1v) is 9.23. The van der Waals surface area contributed by atoms with E-state index in [0.29, 0.717) is 11.4 Å². The molecule has 0 saturated heterocycles. The molecule has 5 nitrogen and oxygen atoms in total. The maximum atomic E-state index is 12.4. The van der Waals surface area contributed by atoms with Gasteiger partial charge in [0.25, 0.3) is 0 Å². The second-order valence-corrected chi connectivity index (χ2v) is 8.02. The molecule has 0 amide bonds. The molecule has 24 heavy (non-hydrogen) atoms. The maximum Gasteiger partial charge on any atom is 0.242 e. The molecule has 2 rings (SSSR count). The van der Waals surface area contributed by atoms with Crippen molar-refractivity contribution in [1.82, 2.24) is 9.62 Å². The van der Waals surface area contributed by atoms with Gasteiger partial charge in [-0.1, -0.05) is 42.5 Å². The van der Waals surface area contributed by atoms with Crippen LogP contribution in [0.1, 0.15) is 29.7 Å². The topological polar surface area (TPSA) is 69.6 Å². The molecule has 2 N–H and O–H groups in total. The number of aliphatic hydroxyl groups is 1. The number of nitrogens with zero attached hydrogens (tertiary/aromatic N) is 1. The van der Waals surface area contributed by atoms with Gasteiger partial charge in [-0.3, -0.25) is 0 Å². The van der Waals surface area contributed by atoms with E-state index in [-0.39, 0.29) is 12.6 Å². The number of aliphatic hydroxyl groups excluding tert-OH is 1. The fourth-order valence-corrected chi connectivity index (χ4v) is 3.56. The molecule has 2 aromatic carbocycles. The van der Waals surface area contributed by atoms with Gasteiger partial charge >= 0.3 is 0 Å². The van der Waals surface area contributed by atoms with Crippen molar-refractivity contribution < 1.29 is 13.5 Å². The van der Waals surface area contributed by atoms with Gasteiger partial charge in [0.05, 0.1) is 11.5 Å². The third-order valence-corrected chi connectivity index (χ3v) is 5.88. The van der Waals surface area contributed by atoms with Gasteiger partial charge in [0, 0.05) is 26.7 Å². The van der Waals surface area contributed by atoms with Crippen molar-refractivity contribution in [2.24, 2.45) is 0 Å². The number of hydrogen-bond acceptors (Lipinski definition) is 4. The molecule has 0 fully saturated rings. The quantitative estimate of drug-likeness (QED) is 0.805. The molecule has 0 spiro atoms. The highest BCUT2D eigenvalue weighted by molar-refractivity contribution is 7.89. The molecular formula is C18H24N2O3S. The van der Waals surface area contributed by atoms with Crippen molar-refractivity contribution in [3.63, 3.8) is 0 Å². The smallest absolute Gasteiger partial charge is 0.242 e. The molecule has 1 unspecified atom stereocenters. The molecule has 2 aromatic rings. The van der Waals surface area contributed by atoms with E-state index in [2.05, 4.69) is 5.32 Å². The van der Waals surface area contributed by atoms with Crippen molar-refractivity contribution in [2.75, 3.05) is 14.1 Å². The molecule has 6 heteroatoms. The number of sulfonamides is 1. The first-order valence-electron chi connectivity index (χ1n) is 7.79. The minimum atomic E-state index is -3.47. The zero-order valence-corrected chi connectivity index (χ0v) is 15.0. The molecule has 0 aliphatic carbocycles. The Labute approximate surface area is 144 Å². The summed E-state index contributed by atoms with van der Waals surface area (Å²) in [5.41, 5.74) is 2.64. The van der Waals surface area contributed by atoms with Gasteiger partial charge in [-0.05, 0) is 29.7 Å². The zero-order chi connectivity index (χ0) is 17.7. The third-order valence-electron chi connectivity index (χ3n) is 3.96. The highest BCUT2D eigenvalue weighted by Gasteiger charge is 2.20. The van der Waals surface area contributed by atoms with E-state index in [1.54, 1.807) is 12.1 Å². The van der Waals surface area contributed by atoms with E-state index >= 15 is 0 Å². The Morgan fingerprint density at radius 2 is 1.83 bits per heavy atom. The highest BCUT2D eigenvalue weighted by atomic mass is 32.2. The van der Waals surface area contributed by atoms with Crippen molar-refractivity contribution in [1.29, 1.82) is 0 Å². The van der Waals surface area contributed by atoms with Crippen LogP contribution in [0.5, 0.6) is 0 Å². The molecule has 0 radical (unpaired) electrons. The van der Waals surface area contributed by atoms with Gasteiger partial charge in [0.15, 0.2) is 0 Å². The van der Waals surface area contributed by atoms with Crippen molar-refractivity contribution >= 4 is 10.0 Å². The summed E-state index contributed by atoms with van der Waals surface area (Å²) in [4.78, 5) is 0.318. The van der Waals surface area contributed by atoms with Gasteiger partial charge in [0.2, 0.25) is 10.0 Å². The van der Waals surface area contributed by atoms with Crippen molar-refractivity contribution in [3.05, 3.63) is 65.2 Å². The number of hydrogen-bond donors (Lipinski definition) is 2. The second kappa shape index (κ2) is 7.90. The van der Waals surface area contributed by atoms with E-state index in [4.69, 9.17) is 0 Å². The Hall–Kier alpha value is -1.73. The van der Waals surface area contributed by atoms with Crippen molar-refractivity contribution in [3.8, 4) is 0 Å². The number of benzene rings is 2. The van der Waals surface area contributed by atoms with Crippen LogP contribution in [-0.4, -0.2) is 31.9 Å². The van der Waals surface area contributed by atoms with Crippen LogP contribution in [0, 0.1) is 0 Å². The summed E-state index contributed by atoms with van der Waals surface area (Å²) in [5.74, 6) is 0. The molecule has 0 saturated carbocycles. The fraction of sp³-hybridized carbons (Fsp3) is 0.333. The minimum absolute atomic E-state index is 0.00444. The molecular weight excluding hydrogens is 324 g/mol. The van der Waals surface area contributed by atoms with Crippen LogP contribution in [0.2, 0.25) is 0 Å². The molecule has 0 aliphatic rings. The Morgan fingerprint density at radius 3 is 2.50 bits per heavy atom. The first-order chi connectivity index (χ1) is 11.4. The molecule has 130 valence electrons. The lowest BCUT2D eigenvalue weighted by atomic mass is 10.1.